The van der Waals surface area contributed by atoms with E-state index in [2.05, 4.69) is 4.90 Å². The number of carbonyl (C=O) groups is 1. The number of nitrogens with zero attached hydrogens (tertiary/aromatic N) is 2. The third-order valence-corrected chi connectivity index (χ3v) is 4.42. The van der Waals surface area contributed by atoms with E-state index in [0.717, 1.165) is 19.2 Å². The summed E-state index contributed by atoms with van der Waals surface area (Å²) in [5.41, 5.74) is -0.0194. The summed E-state index contributed by atoms with van der Waals surface area (Å²) >= 11 is 5.68. The predicted octanol–water partition coefficient (Wildman–Crippen LogP) is 1.82. The van der Waals surface area contributed by atoms with E-state index >= 15 is 0 Å². The molecule has 1 saturated carbocycles. The number of hydrogen-bond donors (Lipinski definition) is 1. The molecule has 1 atom stereocenters. The Hall–Kier alpha value is -1.17. The van der Waals surface area contributed by atoms with Crippen molar-refractivity contribution in [3.05, 3.63) is 34.6 Å². The quantitative estimate of drug-likeness (QED) is 0.926. The molecular weight excluding hydrogens is 295 g/mol. The number of carbonyl (C=O) groups excluding carboxylic acids is 1. The molecule has 3 rings (SSSR count). The first-order valence-corrected chi connectivity index (χ1v) is 7.60. The molecule has 1 aliphatic heterocycles. The highest BCUT2D eigenvalue weighted by Crippen LogP contribution is 2.28. The van der Waals surface area contributed by atoms with Gasteiger partial charge in [-0.15, -0.1) is 0 Å². The van der Waals surface area contributed by atoms with Crippen LogP contribution in [0, 0.1) is 5.82 Å². The van der Waals surface area contributed by atoms with Crippen LogP contribution >= 0.6 is 11.6 Å². The maximum Gasteiger partial charge on any atom is 0.256 e. The van der Waals surface area contributed by atoms with Gasteiger partial charge < -0.3 is 10.0 Å². The minimum atomic E-state index is -1.46. The van der Waals surface area contributed by atoms with Crippen LogP contribution in [0.3, 0.4) is 0 Å². The van der Waals surface area contributed by atoms with Crippen molar-refractivity contribution in [1.82, 2.24) is 9.80 Å². The Morgan fingerprint density at radius 3 is 2.52 bits per heavy atom. The lowest BCUT2D eigenvalue weighted by Gasteiger charge is -2.35. The Bertz CT molecular complexity index is 542. The summed E-state index contributed by atoms with van der Waals surface area (Å²) in [6, 6.07) is 4.63. The van der Waals surface area contributed by atoms with Crippen molar-refractivity contribution in [1.29, 1.82) is 0 Å². The summed E-state index contributed by atoms with van der Waals surface area (Å²) in [4.78, 5) is 16.3. The van der Waals surface area contributed by atoms with E-state index in [1.54, 1.807) is 4.90 Å². The van der Waals surface area contributed by atoms with Gasteiger partial charge in [0, 0.05) is 42.8 Å². The van der Waals surface area contributed by atoms with Gasteiger partial charge >= 0.3 is 0 Å². The third kappa shape index (κ3) is 3.20. The van der Waals surface area contributed by atoms with Crippen LogP contribution in [0.2, 0.25) is 5.02 Å². The fraction of sp³-hybridized carbons (Fsp3) is 0.533. The van der Waals surface area contributed by atoms with Crippen LogP contribution < -0.4 is 0 Å². The molecule has 4 nitrogen and oxygen atoms in total. The maximum atomic E-state index is 13.8. The number of halogens is 2. The van der Waals surface area contributed by atoms with E-state index in [9.17, 15) is 14.3 Å². The minimum absolute atomic E-state index is 0.0194. The van der Waals surface area contributed by atoms with Crippen molar-refractivity contribution < 1.29 is 14.3 Å². The summed E-state index contributed by atoms with van der Waals surface area (Å²) in [6.07, 6.45) is 1.02. The molecule has 0 radical (unpaired) electrons. The molecule has 6 heteroatoms. The van der Waals surface area contributed by atoms with Gasteiger partial charge in [-0.3, -0.25) is 9.69 Å². The fourth-order valence-corrected chi connectivity index (χ4v) is 2.94. The molecule has 1 aromatic carbocycles. The second-order valence-electron chi connectivity index (χ2n) is 5.66. The Morgan fingerprint density at radius 2 is 1.95 bits per heavy atom. The van der Waals surface area contributed by atoms with E-state index in [0.29, 0.717) is 19.1 Å². The number of hydrogen-bond acceptors (Lipinski definition) is 3. The molecule has 1 aliphatic carbocycles. The fourth-order valence-electron chi connectivity index (χ4n) is 2.78. The van der Waals surface area contributed by atoms with Gasteiger partial charge in [-0.05, 0) is 25.0 Å². The van der Waals surface area contributed by atoms with Crippen LogP contribution in [0.4, 0.5) is 4.39 Å². The average Bonchev–Trinajstić information content (AvgIpc) is 3.31. The molecule has 2 aliphatic rings. The summed E-state index contributed by atoms with van der Waals surface area (Å²) < 4.78 is 13.8. The largest absolute Gasteiger partial charge is 0.378 e. The Kier molecular flexibility index (Phi) is 4.15. The SMILES string of the molecule is O=C(C(O)c1ccc(Cl)cc1F)N1CCN(C2CC2)CC1. The molecule has 21 heavy (non-hydrogen) atoms. The molecule has 2 fully saturated rings. The molecule has 0 bridgehead atoms. The lowest BCUT2D eigenvalue weighted by Crippen LogP contribution is -2.50. The van der Waals surface area contributed by atoms with Crippen LogP contribution in [0.25, 0.3) is 0 Å². The first kappa shape index (κ1) is 14.8. The average molecular weight is 313 g/mol. The highest BCUT2D eigenvalue weighted by Gasteiger charge is 2.34. The highest BCUT2D eigenvalue weighted by atomic mass is 35.5. The summed E-state index contributed by atoms with van der Waals surface area (Å²) in [5, 5.41) is 10.4. The van der Waals surface area contributed by atoms with E-state index < -0.39 is 17.8 Å². The smallest absolute Gasteiger partial charge is 0.256 e. The first-order valence-electron chi connectivity index (χ1n) is 7.22. The normalized spacial score (nSPS) is 21.4. The molecule has 1 N–H and O–H groups in total. The molecule has 1 unspecified atom stereocenters. The Labute approximate surface area is 128 Å². The van der Waals surface area contributed by atoms with Crippen molar-refractivity contribution in [2.75, 3.05) is 26.2 Å². The van der Waals surface area contributed by atoms with Gasteiger partial charge in [0.2, 0.25) is 0 Å². The second kappa shape index (κ2) is 5.91. The summed E-state index contributed by atoms with van der Waals surface area (Å²) in [7, 11) is 0. The van der Waals surface area contributed by atoms with E-state index in [4.69, 9.17) is 11.6 Å². The van der Waals surface area contributed by atoms with Crippen molar-refractivity contribution in [2.45, 2.75) is 25.0 Å². The number of aliphatic hydroxyl groups is 1. The third-order valence-electron chi connectivity index (χ3n) is 4.18. The molecule has 0 spiro atoms. The summed E-state index contributed by atoms with van der Waals surface area (Å²) in [6.45, 7) is 2.82. The van der Waals surface area contributed by atoms with Crippen LogP contribution in [-0.2, 0) is 4.79 Å². The van der Waals surface area contributed by atoms with Gasteiger partial charge in [-0.2, -0.15) is 0 Å². The second-order valence-corrected chi connectivity index (χ2v) is 6.10. The predicted molar refractivity (Wildman–Crippen MR) is 77.5 cm³/mol. The van der Waals surface area contributed by atoms with Crippen LogP contribution in [0.15, 0.2) is 18.2 Å². The van der Waals surface area contributed by atoms with E-state index in [-0.39, 0.29) is 10.6 Å². The molecule has 1 aromatic rings. The van der Waals surface area contributed by atoms with Gasteiger partial charge in [0.15, 0.2) is 6.10 Å². The molecule has 1 saturated heterocycles. The van der Waals surface area contributed by atoms with Gasteiger partial charge in [0.1, 0.15) is 5.82 Å². The number of amides is 1. The van der Waals surface area contributed by atoms with E-state index in [1.165, 1.54) is 25.0 Å². The first-order chi connectivity index (χ1) is 10.1. The Balaban J connectivity index is 1.64. The highest BCUT2D eigenvalue weighted by molar-refractivity contribution is 6.30. The van der Waals surface area contributed by atoms with Crippen LogP contribution in [0.5, 0.6) is 0 Å². The lowest BCUT2D eigenvalue weighted by atomic mass is 10.1. The zero-order valence-corrected chi connectivity index (χ0v) is 12.4. The standard InChI is InChI=1S/C15H18ClFN2O2/c16-10-1-4-12(13(17)9-10)14(20)15(21)19-7-5-18(6-8-19)11-2-3-11/h1,4,9,11,14,20H,2-3,5-8H2. The number of piperazine rings is 1. The van der Waals surface area contributed by atoms with Gasteiger partial charge in [0.25, 0.3) is 5.91 Å². The monoisotopic (exact) mass is 312 g/mol. The van der Waals surface area contributed by atoms with Gasteiger partial charge in [-0.25, -0.2) is 4.39 Å². The van der Waals surface area contributed by atoms with Crippen molar-refractivity contribution >= 4 is 17.5 Å². The van der Waals surface area contributed by atoms with Gasteiger partial charge in [0.05, 0.1) is 0 Å². The molecule has 114 valence electrons. The Morgan fingerprint density at radius 1 is 1.29 bits per heavy atom. The maximum absolute atomic E-state index is 13.8. The summed E-state index contributed by atoms with van der Waals surface area (Å²) in [5.74, 6) is -1.09. The number of aliphatic hydroxyl groups excluding tert-OH is 1. The molecule has 1 heterocycles. The van der Waals surface area contributed by atoms with Crippen LogP contribution in [-0.4, -0.2) is 53.0 Å². The molecular formula is C15H18ClFN2O2. The molecule has 0 aromatic heterocycles. The van der Waals surface area contributed by atoms with E-state index in [1.807, 2.05) is 0 Å². The molecule has 1 amide bonds. The topological polar surface area (TPSA) is 43.8 Å². The van der Waals surface area contributed by atoms with Crippen LogP contribution in [0.1, 0.15) is 24.5 Å². The zero-order valence-electron chi connectivity index (χ0n) is 11.6. The van der Waals surface area contributed by atoms with Crippen molar-refractivity contribution in [2.24, 2.45) is 0 Å². The van der Waals surface area contributed by atoms with Gasteiger partial charge in [-0.1, -0.05) is 17.7 Å². The number of rotatable bonds is 3. The number of benzene rings is 1. The zero-order chi connectivity index (χ0) is 15.0. The van der Waals surface area contributed by atoms with Crippen molar-refractivity contribution in [3.8, 4) is 0 Å². The van der Waals surface area contributed by atoms with Crippen molar-refractivity contribution in [3.63, 3.8) is 0 Å². The minimum Gasteiger partial charge on any atom is -0.378 e. The lowest BCUT2D eigenvalue weighted by molar-refractivity contribution is -0.142.